The molecule has 0 aliphatic heterocycles. The van der Waals surface area contributed by atoms with Gasteiger partial charge < -0.3 is 10.1 Å². The number of para-hydroxylation sites is 1. The van der Waals surface area contributed by atoms with Crippen LogP contribution < -0.4 is 10.0 Å². The van der Waals surface area contributed by atoms with E-state index in [0.717, 1.165) is 12.8 Å². The van der Waals surface area contributed by atoms with Crippen molar-refractivity contribution in [3.05, 3.63) is 90.5 Å². The number of ether oxygens (including phenoxy) is 1. The lowest BCUT2D eigenvalue weighted by molar-refractivity contribution is -0.144. The number of esters is 1. The fourth-order valence-electron chi connectivity index (χ4n) is 3.06. The molecule has 3 rings (SSSR count). The van der Waals surface area contributed by atoms with Crippen LogP contribution in [0.4, 0.5) is 11.4 Å². The van der Waals surface area contributed by atoms with Crippen molar-refractivity contribution in [2.75, 3.05) is 16.6 Å². The largest absolute Gasteiger partial charge is 0.466 e. The summed E-state index contributed by atoms with van der Waals surface area (Å²) in [5, 5.41) is 2.65. The molecule has 0 unspecified atom stereocenters. The lowest BCUT2D eigenvalue weighted by atomic mass is 10.1. The summed E-state index contributed by atoms with van der Waals surface area (Å²) in [6, 6.07) is 24.3. The minimum Gasteiger partial charge on any atom is -0.466 e. The quantitative estimate of drug-likeness (QED) is 0.323. The SMILES string of the molecule is O=C(CCC(=O)OCCCc1ccccc1)Nc1ccc(S(=O)(=O)Nc2ccccc2)cc1. The summed E-state index contributed by atoms with van der Waals surface area (Å²) in [6.07, 6.45) is 1.50. The molecule has 2 N–H and O–H groups in total. The maximum absolute atomic E-state index is 12.5. The third-order valence-electron chi connectivity index (χ3n) is 4.75. The number of anilines is 2. The Morgan fingerprint density at radius 3 is 2.06 bits per heavy atom. The van der Waals surface area contributed by atoms with Crippen LogP contribution in [0.5, 0.6) is 0 Å². The molecule has 0 bridgehead atoms. The summed E-state index contributed by atoms with van der Waals surface area (Å²) >= 11 is 0. The molecule has 0 saturated heterocycles. The summed E-state index contributed by atoms with van der Waals surface area (Å²) in [7, 11) is -3.73. The van der Waals surface area contributed by atoms with Gasteiger partial charge in [0.05, 0.1) is 17.9 Å². The van der Waals surface area contributed by atoms with Gasteiger partial charge in [-0.25, -0.2) is 8.42 Å². The van der Waals surface area contributed by atoms with Gasteiger partial charge in [0.2, 0.25) is 5.91 Å². The van der Waals surface area contributed by atoms with Crippen LogP contribution in [0.3, 0.4) is 0 Å². The predicted octanol–water partition coefficient (Wildman–Crippen LogP) is 4.38. The molecule has 0 saturated carbocycles. The molecule has 0 aliphatic carbocycles. The highest BCUT2D eigenvalue weighted by atomic mass is 32.2. The van der Waals surface area contributed by atoms with E-state index in [0.29, 0.717) is 18.0 Å². The first-order valence-corrected chi connectivity index (χ1v) is 12.1. The Bertz CT molecular complexity index is 1150. The van der Waals surface area contributed by atoms with Crippen molar-refractivity contribution in [3.63, 3.8) is 0 Å². The van der Waals surface area contributed by atoms with E-state index in [1.165, 1.54) is 29.8 Å². The number of aryl methyl sites for hydroxylation is 1. The maximum atomic E-state index is 12.5. The van der Waals surface area contributed by atoms with E-state index < -0.39 is 16.0 Å². The Hall–Kier alpha value is -3.65. The Kier molecular flexibility index (Phi) is 8.60. The zero-order valence-electron chi connectivity index (χ0n) is 18.1. The molecule has 0 radical (unpaired) electrons. The van der Waals surface area contributed by atoms with Gasteiger partial charge in [0.15, 0.2) is 0 Å². The Morgan fingerprint density at radius 1 is 0.758 bits per heavy atom. The van der Waals surface area contributed by atoms with Crippen molar-refractivity contribution in [1.82, 2.24) is 0 Å². The van der Waals surface area contributed by atoms with E-state index >= 15 is 0 Å². The third-order valence-corrected chi connectivity index (χ3v) is 6.14. The Balaban J connectivity index is 1.39. The van der Waals surface area contributed by atoms with Crippen LogP contribution in [-0.4, -0.2) is 26.9 Å². The van der Waals surface area contributed by atoms with Gasteiger partial charge in [0, 0.05) is 17.8 Å². The molecule has 0 fully saturated rings. The van der Waals surface area contributed by atoms with Gasteiger partial charge in [-0.05, 0) is 54.8 Å². The highest BCUT2D eigenvalue weighted by Crippen LogP contribution is 2.18. The van der Waals surface area contributed by atoms with Crippen LogP contribution in [0.1, 0.15) is 24.8 Å². The Morgan fingerprint density at radius 2 is 1.39 bits per heavy atom. The lowest BCUT2D eigenvalue weighted by Crippen LogP contribution is -2.15. The van der Waals surface area contributed by atoms with E-state index in [-0.39, 0.29) is 23.6 Å². The average Bonchev–Trinajstić information content (AvgIpc) is 2.82. The van der Waals surface area contributed by atoms with Crippen LogP contribution in [0.2, 0.25) is 0 Å². The number of amides is 1. The number of sulfonamides is 1. The summed E-state index contributed by atoms with van der Waals surface area (Å²) in [5.74, 6) is -0.777. The van der Waals surface area contributed by atoms with E-state index in [2.05, 4.69) is 10.0 Å². The number of benzene rings is 3. The molecule has 0 heterocycles. The number of carbonyl (C=O) groups is 2. The van der Waals surface area contributed by atoms with Gasteiger partial charge >= 0.3 is 5.97 Å². The minimum atomic E-state index is -3.73. The normalized spacial score (nSPS) is 10.9. The van der Waals surface area contributed by atoms with Gasteiger partial charge in [-0.2, -0.15) is 0 Å². The zero-order chi connectivity index (χ0) is 23.5. The fourth-order valence-corrected chi connectivity index (χ4v) is 4.11. The van der Waals surface area contributed by atoms with Crippen molar-refractivity contribution in [1.29, 1.82) is 0 Å². The first-order chi connectivity index (χ1) is 15.9. The molecule has 172 valence electrons. The predicted molar refractivity (Wildman–Crippen MR) is 127 cm³/mol. The standard InChI is InChI=1S/C25H26N2O5S/c28-24(17-18-25(29)32-19-7-10-20-8-3-1-4-9-20)26-21-13-15-23(16-14-21)33(30,31)27-22-11-5-2-6-12-22/h1-6,8-9,11-16,27H,7,10,17-19H2,(H,26,28). The van der Waals surface area contributed by atoms with E-state index in [1.54, 1.807) is 30.3 Å². The van der Waals surface area contributed by atoms with Gasteiger partial charge in [-0.15, -0.1) is 0 Å². The summed E-state index contributed by atoms with van der Waals surface area (Å²) < 4.78 is 32.6. The molecule has 7 nitrogen and oxygen atoms in total. The molecule has 3 aromatic rings. The zero-order valence-corrected chi connectivity index (χ0v) is 18.9. The first-order valence-electron chi connectivity index (χ1n) is 10.6. The lowest BCUT2D eigenvalue weighted by Gasteiger charge is -2.09. The number of rotatable bonds is 11. The van der Waals surface area contributed by atoms with Crippen molar-refractivity contribution < 1.29 is 22.7 Å². The molecule has 0 atom stereocenters. The fraction of sp³-hybridized carbons (Fsp3) is 0.200. The van der Waals surface area contributed by atoms with Crippen molar-refractivity contribution >= 4 is 33.3 Å². The van der Waals surface area contributed by atoms with Crippen LogP contribution in [-0.2, 0) is 30.8 Å². The van der Waals surface area contributed by atoms with Crippen LogP contribution in [0.15, 0.2) is 89.8 Å². The number of carbonyl (C=O) groups excluding carboxylic acids is 2. The molecule has 0 aliphatic rings. The minimum absolute atomic E-state index is 0.0207. The van der Waals surface area contributed by atoms with Gasteiger partial charge in [-0.3, -0.25) is 14.3 Å². The monoisotopic (exact) mass is 466 g/mol. The van der Waals surface area contributed by atoms with Gasteiger partial charge in [0.1, 0.15) is 0 Å². The molecule has 0 spiro atoms. The van der Waals surface area contributed by atoms with Crippen molar-refractivity contribution in [2.45, 2.75) is 30.6 Å². The highest BCUT2D eigenvalue weighted by molar-refractivity contribution is 7.92. The smallest absolute Gasteiger partial charge is 0.306 e. The van der Waals surface area contributed by atoms with E-state index in [9.17, 15) is 18.0 Å². The van der Waals surface area contributed by atoms with Crippen LogP contribution in [0.25, 0.3) is 0 Å². The summed E-state index contributed by atoms with van der Waals surface area (Å²) in [4.78, 5) is 24.0. The molecule has 0 aromatic heterocycles. The van der Waals surface area contributed by atoms with Crippen molar-refractivity contribution in [2.24, 2.45) is 0 Å². The third kappa shape index (κ3) is 8.08. The summed E-state index contributed by atoms with van der Waals surface area (Å²) in [6.45, 7) is 0.308. The van der Waals surface area contributed by atoms with Crippen molar-refractivity contribution in [3.8, 4) is 0 Å². The summed E-state index contributed by atoms with van der Waals surface area (Å²) in [5.41, 5.74) is 2.08. The second kappa shape index (κ2) is 11.8. The van der Waals surface area contributed by atoms with Crippen LogP contribution in [0, 0.1) is 0 Å². The number of nitrogens with one attached hydrogen (secondary N) is 2. The topological polar surface area (TPSA) is 102 Å². The van der Waals surface area contributed by atoms with E-state index in [1.807, 2.05) is 30.3 Å². The molecule has 33 heavy (non-hydrogen) atoms. The number of hydrogen-bond acceptors (Lipinski definition) is 5. The molecular weight excluding hydrogens is 440 g/mol. The molecule has 3 aromatic carbocycles. The molecule has 8 heteroatoms. The Labute approximate surface area is 193 Å². The average molecular weight is 467 g/mol. The second-order valence-corrected chi connectivity index (χ2v) is 9.04. The van der Waals surface area contributed by atoms with Gasteiger partial charge in [0.25, 0.3) is 10.0 Å². The van der Waals surface area contributed by atoms with E-state index in [4.69, 9.17) is 4.74 Å². The molecular formula is C25H26N2O5S. The number of hydrogen-bond donors (Lipinski definition) is 2. The molecule has 1 amide bonds. The highest BCUT2D eigenvalue weighted by Gasteiger charge is 2.14. The van der Waals surface area contributed by atoms with Crippen LogP contribution >= 0.6 is 0 Å². The maximum Gasteiger partial charge on any atom is 0.306 e. The first kappa shape index (κ1) is 24.0. The second-order valence-electron chi connectivity index (χ2n) is 7.35. The van der Waals surface area contributed by atoms with Gasteiger partial charge in [-0.1, -0.05) is 48.5 Å².